The van der Waals surface area contributed by atoms with Gasteiger partial charge in [-0.25, -0.2) is 0 Å². The van der Waals surface area contributed by atoms with Crippen LogP contribution in [0.25, 0.3) is 0 Å². The maximum absolute atomic E-state index is 12.0. The van der Waals surface area contributed by atoms with Gasteiger partial charge in [0.15, 0.2) is 0 Å². The maximum atomic E-state index is 12.0. The topological polar surface area (TPSA) is 52.9 Å². The van der Waals surface area contributed by atoms with Gasteiger partial charge in [0.1, 0.15) is 5.41 Å². The van der Waals surface area contributed by atoms with Gasteiger partial charge in [-0.15, -0.1) is 11.3 Å². The first-order chi connectivity index (χ1) is 8.41. The van der Waals surface area contributed by atoms with E-state index in [9.17, 15) is 4.79 Å². The van der Waals surface area contributed by atoms with Crippen LogP contribution in [0.5, 0.6) is 0 Å². The first kappa shape index (κ1) is 14.7. The van der Waals surface area contributed by atoms with E-state index in [0.717, 1.165) is 6.42 Å². The number of hydrogen-bond donors (Lipinski definition) is 1. The van der Waals surface area contributed by atoms with E-state index >= 15 is 0 Å². The summed E-state index contributed by atoms with van der Waals surface area (Å²) in [6.45, 7) is 7.59. The molecule has 0 aliphatic carbocycles. The molecule has 1 aromatic heterocycles. The molecule has 98 valence electrons. The summed E-state index contributed by atoms with van der Waals surface area (Å²) in [5.74, 6) is -0.173. The van der Waals surface area contributed by atoms with Crippen molar-refractivity contribution in [2.45, 2.75) is 46.6 Å². The lowest BCUT2D eigenvalue weighted by Gasteiger charge is -2.22. The van der Waals surface area contributed by atoms with Gasteiger partial charge in [-0.1, -0.05) is 6.92 Å². The largest absolute Gasteiger partial charge is 0.352 e. The molecule has 1 heterocycles. The van der Waals surface area contributed by atoms with E-state index < -0.39 is 5.41 Å². The van der Waals surface area contributed by atoms with Crippen molar-refractivity contribution in [2.24, 2.45) is 5.41 Å². The summed E-state index contributed by atoms with van der Waals surface area (Å²) >= 11 is 1.75. The SMILES string of the molecule is CCC(C)(C#N)C(=O)NC(C)Cc1ccc(C)s1. The summed E-state index contributed by atoms with van der Waals surface area (Å²) in [6.07, 6.45) is 1.34. The van der Waals surface area contributed by atoms with Gasteiger partial charge in [0.2, 0.25) is 5.91 Å². The predicted molar refractivity (Wildman–Crippen MR) is 74.4 cm³/mol. The van der Waals surface area contributed by atoms with E-state index in [4.69, 9.17) is 5.26 Å². The molecule has 1 rings (SSSR count). The highest BCUT2D eigenvalue weighted by Gasteiger charge is 2.31. The molecule has 3 nitrogen and oxygen atoms in total. The number of thiophene rings is 1. The normalized spacial score (nSPS) is 15.5. The molecule has 0 radical (unpaired) electrons. The van der Waals surface area contributed by atoms with Crippen LogP contribution in [-0.2, 0) is 11.2 Å². The van der Waals surface area contributed by atoms with Crippen LogP contribution < -0.4 is 5.32 Å². The molecule has 0 aliphatic heterocycles. The monoisotopic (exact) mass is 264 g/mol. The molecule has 0 bridgehead atoms. The van der Waals surface area contributed by atoms with Crippen molar-refractivity contribution < 1.29 is 4.79 Å². The fraction of sp³-hybridized carbons (Fsp3) is 0.571. The lowest BCUT2D eigenvalue weighted by molar-refractivity contribution is -0.128. The molecule has 1 aromatic rings. The summed E-state index contributed by atoms with van der Waals surface area (Å²) in [6, 6.07) is 6.32. The first-order valence-electron chi connectivity index (χ1n) is 6.19. The molecule has 2 atom stereocenters. The van der Waals surface area contributed by atoms with Crippen molar-refractivity contribution in [3.8, 4) is 6.07 Å². The third-order valence-electron chi connectivity index (χ3n) is 3.14. The van der Waals surface area contributed by atoms with E-state index in [-0.39, 0.29) is 11.9 Å². The molecule has 0 aliphatic rings. The molecule has 0 aromatic carbocycles. The fourth-order valence-corrected chi connectivity index (χ4v) is 2.64. The minimum atomic E-state index is -0.917. The summed E-state index contributed by atoms with van der Waals surface area (Å²) < 4.78 is 0. The average molecular weight is 264 g/mol. The molecule has 0 fully saturated rings. The maximum Gasteiger partial charge on any atom is 0.240 e. The highest BCUT2D eigenvalue weighted by Crippen LogP contribution is 2.21. The number of carbonyl (C=O) groups is 1. The summed E-state index contributed by atoms with van der Waals surface area (Å²) in [7, 11) is 0. The van der Waals surface area contributed by atoms with Crippen LogP contribution in [0.4, 0.5) is 0 Å². The van der Waals surface area contributed by atoms with Gasteiger partial charge in [-0.2, -0.15) is 5.26 Å². The van der Waals surface area contributed by atoms with Crippen molar-refractivity contribution in [1.29, 1.82) is 5.26 Å². The predicted octanol–water partition coefficient (Wildman–Crippen LogP) is 3.04. The Bertz CT molecular complexity index is 461. The summed E-state index contributed by atoms with van der Waals surface area (Å²) in [4.78, 5) is 14.5. The zero-order valence-corrected chi connectivity index (χ0v) is 12.2. The van der Waals surface area contributed by atoms with E-state index in [1.54, 1.807) is 18.3 Å². The quantitative estimate of drug-likeness (QED) is 0.888. The van der Waals surface area contributed by atoms with E-state index in [1.807, 2.05) is 13.8 Å². The Morgan fingerprint density at radius 2 is 2.28 bits per heavy atom. The smallest absolute Gasteiger partial charge is 0.240 e. The van der Waals surface area contributed by atoms with E-state index in [1.165, 1.54) is 9.75 Å². The number of carbonyl (C=O) groups excluding carboxylic acids is 1. The molecule has 4 heteroatoms. The van der Waals surface area contributed by atoms with Gasteiger partial charge in [-0.3, -0.25) is 4.79 Å². The third kappa shape index (κ3) is 3.58. The van der Waals surface area contributed by atoms with Gasteiger partial charge in [0.25, 0.3) is 0 Å². The Morgan fingerprint density at radius 1 is 1.61 bits per heavy atom. The molecule has 18 heavy (non-hydrogen) atoms. The number of amides is 1. The van der Waals surface area contributed by atoms with Crippen molar-refractivity contribution in [1.82, 2.24) is 5.32 Å². The molecule has 2 unspecified atom stereocenters. The highest BCUT2D eigenvalue weighted by molar-refractivity contribution is 7.11. The van der Waals surface area contributed by atoms with Crippen LogP contribution in [0, 0.1) is 23.7 Å². The summed E-state index contributed by atoms with van der Waals surface area (Å²) in [5, 5.41) is 12.0. The van der Waals surface area contributed by atoms with Crippen molar-refractivity contribution in [2.75, 3.05) is 0 Å². The van der Waals surface area contributed by atoms with E-state index in [2.05, 4.69) is 30.4 Å². The number of nitrogens with one attached hydrogen (secondary N) is 1. The molecular formula is C14H20N2OS. The highest BCUT2D eigenvalue weighted by atomic mass is 32.1. The number of nitrogens with zero attached hydrogens (tertiary/aromatic N) is 1. The Balaban J connectivity index is 2.58. The minimum Gasteiger partial charge on any atom is -0.352 e. The molecule has 1 N–H and O–H groups in total. The average Bonchev–Trinajstić information content (AvgIpc) is 2.73. The Labute approximate surface area is 113 Å². The number of aryl methyl sites for hydroxylation is 1. The van der Waals surface area contributed by atoms with Crippen LogP contribution in [0.15, 0.2) is 12.1 Å². The lowest BCUT2D eigenvalue weighted by atomic mass is 9.88. The second-order valence-electron chi connectivity index (χ2n) is 4.89. The van der Waals surface area contributed by atoms with Crippen molar-refractivity contribution in [3.05, 3.63) is 21.9 Å². The Hall–Kier alpha value is -1.34. The zero-order valence-electron chi connectivity index (χ0n) is 11.4. The number of nitriles is 1. The van der Waals surface area contributed by atoms with Gasteiger partial charge in [0.05, 0.1) is 6.07 Å². The van der Waals surface area contributed by atoms with Crippen molar-refractivity contribution in [3.63, 3.8) is 0 Å². The molecule has 0 saturated heterocycles. The minimum absolute atomic E-state index is 0.0507. The zero-order chi connectivity index (χ0) is 13.8. The van der Waals surface area contributed by atoms with Crippen LogP contribution in [0.1, 0.15) is 36.9 Å². The second kappa shape index (κ2) is 6.01. The summed E-state index contributed by atoms with van der Waals surface area (Å²) in [5.41, 5.74) is -0.917. The molecular weight excluding hydrogens is 244 g/mol. The van der Waals surface area contributed by atoms with Gasteiger partial charge < -0.3 is 5.32 Å². The van der Waals surface area contributed by atoms with Crippen LogP contribution in [0.3, 0.4) is 0 Å². The lowest BCUT2D eigenvalue weighted by Crippen LogP contribution is -2.43. The van der Waals surface area contributed by atoms with Gasteiger partial charge in [-0.05, 0) is 39.3 Å². The van der Waals surface area contributed by atoms with Crippen LogP contribution in [0.2, 0.25) is 0 Å². The standard InChI is InChI=1S/C14H20N2OS/c1-5-14(4,9-15)13(17)16-10(2)8-12-7-6-11(3)18-12/h6-7,10H,5,8H2,1-4H3,(H,16,17). The van der Waals surface area contributed by atoms with Crippen molar-refractivity contribution >= 4 is 17.2 Å². The fourth-order valence-electron chi connectivity index (χ4n) is 1.62. The number of rotatable bonds is 5. The second-order valence-corrected chi connectivity index (χ2v) is 6.26. The Morgan fingerprint density at radius 3 is 2.72 bits per heavy atom. The Kier molecular flexibility index (Phi) is 4.92. The van der Waals surface area contributed by atoms with Crippen LogP contribution in [-0.4, -0.2) is 11.9 Å². The van der Waals surface area contributed by atoms with Gasteiger partial charge in [0, 0.05) is 22.2 Å². The number of hydrogen-bond acceptors (Lipinski definition) is 3. The molecule has 0 saturated carbocycles. The third-order valence-corrected chi connectivity index (χ3v) is 4.16. The molecule has 0 spiro atoms. The van der Waals surface area contributed by atoms with Crippen LogP contribution >= 0.6 is 11.3 Å². The molecule has 1 amide bonds. The van der Waals surface area contributed by atoms with E-state index in [0.29, 0.717) is 6.42 Å². The van der Waals surface area contributed by atoms with Gasteiger partial charge >= 0.3 is 0 Å². The first-order valence-corrected chi connectivity index (χ1v) is 7.00.